The minimum absolute atomic E-state index is 0.0364. The number of aromatic nitrogens is 1. The van der Waals surface area contributed by atoms with E-state index in [1.165, 1.54) is 11.3 Å². The van der Waals surface area contributed by atoms with Crippen LogP contribution in [0.2, 0.25) is 0 Å². The van der Waals surface area contributed by atoms with Crippen molar-refractivity contribution in [1.29, 1.82) is 0 Å². The molecule has 1 saturated heterocycles. The molecule has 4 rings (SSSR count). The lowest BCUT2D eigenvalue weighted by molar-refractivity contribution is 0.102. The average Bonchev–Trinajstić information content (AvgIpc) is 3.23. The summed E-state index contributed by atoms with van der Waals surface area (Å²) in [5, 5.41) is 8.59. The molecule has 10 heteroatoms. The zero-order chi connectivity index (χ0) is 20.4. The summed E-state index contributed by atoms with van der Waals surface area (Å²) in [6, 6.07) is 13.2. The third-order valence-corrected chi connectivity index (χ3v) is 7.21. The molecule has 0 bridgehead atoms. The molecule has 0 unspecified atom stereocenters. The number of anilines is 2. The number of carbonyl (C=O) groups is 2. The maximum atomic E-state index is 12.4. The van der Waals surface area contributed by atoms with Crippen LogP contribution in [0.5, 0.6) is 0 Å². The van der Waals surface area contributed by atoms with Gasteiger partial charge < -0.3 is 10.6 Å². The summed E-state index contributed by atoms with van der Waals surface area (Å²) in [7, 11) is -3.05. The summed E-state index contributed by atoms with van der Waals surface area (Å²) in [6.07, 6.45) is 0.417. The highest BCUT2D eigenvalue weighted by molar-refractivity contribution is 7.91. The summed E-state index contributed by atoms with van der Waals surface area (Å²) in [6.45, 7) is 0. The summed E-state index contributed by atoms with van der Waals surface area (Å²) in [4.78, 5) is 28.8. The minimum Gasteiger partial charge on any atom is -0.334 e. The van der Waals surface area contributed by atoms with E-state index in [9.17, 15) is 18.0 Å². The number of fused-ring (bicyclic) bond motifs is 1. The highest BCUT2D eigenvalue weighted by Gasteiger charge is 2.28. The third-order valence-electron chi connectivity index (χ3n) is 4.49. The van der Waals surface area contributed by atoms with Crippen LogP contribution in [0.4, 0.5) is 15.6 Å². The van der Waals surface area contributed by atoms with Crippen LogP contribution in [-0.4, -0.2) is 42.9 Å². The summed E-state index contributed by atoms with van der Waals surface area (Å²) in [5.74, 6) is -0.238. The zero-order valence-electron chi connectivity index (χ0n) is 15.2. The topological polar surface area (TPSA) is 117 Å². The van der Waals surface area contributed by atoms with Gasteiger partial charge in [-0.25, -0.2) is 18.2 Å². The maximum Gasteiger partial charge on any atom is 0.319 e. The molecular weight excluding hydrogens is 412 g/mol. The Labute approximate surface area is 171 Å². The number of thiazole rings is 1. The first-order chi connectivity index (χ1) is 13.9. The van der Waals surface area contributed by atoms with E-state index in [1.807, 2.05) is 24.3 Å². The van der Waals surface area contributed by atoms with Crippen LogP contribution in [0.3, 0.4) is 0 Å². The van der Waals surface area contributed by atoms with Crippen molar-refractivity contribution >= 4 is 54.1 Å². The van der Waals surface area contributed by atoms with Gasteiger partial charge in [-0.15, -0.1) is 0 Å². The first-order valence-corrected chi connectivity index (χ1v) is 11.6. The number of urea groups is 1. The molecule has 3 aromatic rings. The summed E-state index contributed by atoms with van der Waals surface area (Å²) in [5.41, 5.74) is 1.76. The summed E-state index contributed by atoms with van der Waals surface area (Å²) < 4.78 is 23.9. The van der Waals surface area contributed by atoms with Crippen molar-refractivity contribution in [3.63, 3.8) is 0 Å². The van der Waals surface area contributed by atoms with Gasteiger partial charge in [-0.1, -0.05) is 23.5 Å². The van der Waals surface area contributed by atoms with E-state index in [1.54, 1.807) is 24.3 Å². The average molecular weight is 431 g/mol. The number of carbonyl (C=O) groups excluding carboxylic acids is 2. The number of rotatable bonds is 4. The number of sulfone groups is 1. The largest absolute Gasteiger partial charge is 0.334 e. The zero-order valence-corrected chi connectivity index (χ0v) is 16.8. The Morgan fingerprint density at radius 2 is 1.79 bits per heavy atom. The minimum atomic E-state index is -3.05. The van der Waals surface area contributed by atoms with Gasteiger partial charge in [0.05, 0.1) is 21.7 Å². The van der Waals surface area contributed by atoms with E-state index in [4.69, 9.17) is 0 Å². The Balaban J connectivity index is 1.34. The first kappa shape index (κ1) is 19.3. The SMILES string of the molecule is O=C(Nc1ccc(C(=O)Nc2nc3ccccc3s2)cc1)N[C@@H]1CCS(=O)(=O)C1. The number of para-hydroxylation sites is 1. The lowest BCUT2D eigenvalue weighted by atomic mass is 10.2. The van der Waals surface area contributed by atoms with E-state index in [2.05, 4.69) is 20.9 Å². The Kier molecular flexibility index (Phi) is 5.20. The summed E-state index contributed by atoms with van der Waals surface area (Å²) >= 11 is 1.40. The number of amides is 3. The molecule has 3 N–H and O–H groups in total. The Hall–Kier alpha value is -2.98. The number of nitrogens with one attached hydrogen (secondary N) is 3. The van der Waals surface area contributed by atoms with Crippen LogP contribution < -0.4 is 16.0 Å². The van der Waals surface area contributed by atoms with Gasteiger partial charge in [0.25, 0.3) is 5.91 Å². The lowest BCUT2D eigenvalue weighted by Crippen LogP contribution is -2.38. The van der Waals surface area contributed by atoms with Crippen molar-refractivity contribution in [3.05, 3.63) is 54.1 Å². The number of hydrogen-bond donors (Lipinski definition) is 3. The standard InChI is InChI=1S/C19H18N4O4S2/c24-17(23-19-22-15-3-1-2-4-16(15)28-19)12-5-7-13(8-6-12)20-18(25)21-14-9-10-29(26,27)11-14/h1-8,14H,9-11H2,(H2,20,21,25)(H,22,23,24)/t14-/m1/s1. The fraction of sp³-hybridized carbons (Fsp3) is 0.211. The van der Waals surface area contributed by atoms with E-state index >= 15 is 0 Å². The normalized spacial score (nSPS) is 17.7. The molecule has 1 aliphatic heterocycles. The monoisotopic (exact) mass is 430 g/mol. The van der Waals surface area contributed by atoms with E-state index in [0.717, 1.165) is 10.2 Å². The second kappa shape index (κ2) is 7.80. The maximum absolute atomic E-state index is 12.4. The molecule has 29 heavy (non-hydrogen) atoms. The molecular formula is C19H18N4O4S2. The smallest absolute Gasteiger partial charge is 0.319 e. The molecule has 0 saturated carbocycles. The molecule has 2 aromatic carbocycles. The molecule has 3 amide bonds. The fourth-order valence-corrected chi connectivity index (χ4v) is 5.60. The van der Waals surface area contributed by atoms with Gasteiger partial charge in [-0.3, -0.25) is 10.1 Å². The molecule has 8 nitrogen and oxygen atoms in total. The Morgan fingerprint density at radius 3 is 2.48 bits per heavy atom. The van der Waals surface area contributed by atoms with Gasteiger partial charge in [-0.05, 0) is 42.8 Å². The van der Waals surface area contributed by atoms with Crippen LogP contribution in [0.15, 0.2) is 48.5 Å². The van der Waals surface area contributed by atoms with E-state index in [0.29, 0.717) is 22.8 Å². The number of hydrogen-bond acceptors (Lipinski definition) is 6. The van der Waals surface area contributed by atoms with Crippen molar-refractivity contribution in [2.75, 3.05) is 22.1 Å². The first-order valence-electron chi connectivity index (χ1n) is 8.93. The molecule has 0 spiro atoms. The molecule has 0 radical (unpaired) electrons. The predicted molar refractivity (Wildman–Crippen MR) is 113 cm³/mol. The van der Waals surface area contributed by atoms with Crippen molar-refractivity contribution in [3.8, 4) is 0 Å². The van der Waals surface area contributed by atoms with Crippen molar-refractivity contribution in [1.82, 2.24) is 10.3 Å². The predicted octanol–water partition coefficient (Wildman–Crippen LogP) is 2.86. The lowest BCUT2D eigenvalue weighted by Gasteiger charge is -2.12. The van der Waals surface area contributed by atoms with Crippen molar-refractivity contribution in [2.24, 2.45) is 0 Å². The van der Waals surface area contributed by atoms with Gasteiger partial charge >= 0.3 is 6.03 Å². The van der Waals surface area contributed by atoms with Crippen LogP contribution in [-0.2, 0) is 9.84 Å². The van der Waals surface area contributed by atoms with Crippen LogP contribution in [0.25, 0.3) is 10.2 Å². The van der Waals surface area contributed by atoms with Crippen LogP contribution in [0.1, 0.15) is 16.8 Å². The van der Waals surface area contributed by atoms with Crippen molar-refractivity contribution < 1.29 is 18.0 Å². The molecule has 1 aromatic heterocycles. The third kappa shape index (κ3) is 4.72. The number of nitrogens with zero attached hydrogens (tertiary/aromatic N) is 1. The molecule has 0 aliphatic carbocycles. The highest BCUT2D eigenvalue weighted by atomic mass is 32.2. The van der Waals surface area contributed by atoms with Gasteiger partial charge in [0.15, 0.2) is 15.0 Å². The highest BCUT2D eigenvalue weighted by Crippen LogP contribution is 2.25. The Morgan fingerprint density at radius 1 is 1.03 bits per heavy atom. The molecule has 1 aliphatic rings. The fourth-order valence-electron chi connectivity index (χ4n) is 3.06. The molecule has 150 valence electrons. The van der Waals surface area contributed by atoms with E-state index in [-0.39, 0.29) is 23.5 Å². The molecule has 1 atom stereocenters. The molecule has 2 heterocycles. The van der Waals surface area contributed by atoms with Gasteiger partial charge in [-0.2, -0.15) is 0 Å². The van der Waals surface area contributed by atoms with Gasteiger partial charge in [0.2, 0.25) is 0 Å². The van der Waals surface area contributed by atoms with E-state index < -0.39 is 15.9 Å². The Bertz CT molecular complexity index is 1140. The quantitative estimate of drug-likeness (QED) is 0.588. The molecule has 1 fully saturated rings. The van der Waals surface area contributed by atoms with Crippen LogP contribution >= 0.6 is 11.3 Å². The van der Waals surface area contributed by atoms with Gasteiger partial charge in [0, 0.05) is 17.3 Å². The van der Waals surface area contributed by atoms with Gasteiger partial charge in [0.1, 0.15) is 0 Å². The second-order valence-corrected chi connectivity index (χ2v) is 9.98. The van der Waals surface area contributed by atoms with Crippen molar-refractivity contribution in [2.45, 2.75) is 12.5 Å². The number of benzene rings is 2. The second-order valence-electron chi connectivity index (χ2n) is 6.72. The van der Waals surface area contributed by atoms with Crippen LogP contribution in [0, 0.1) is 0 Å².